The van der Waals surface area contributed by atoms with Crippen LogP contribution in [0.5, 0.6) is 5.75 Å². The van der Waals surface area contributed by atoms with Crippen molar-refractivity contribution in [2.75, 3.05) is 6.54 Å². The number of amides is 1. The van der Waals surface area contributed by atoms with Gasteiger partial charge in [-0.1, -0.05) is 30.0 Å². The maximum absolute atomic E-state index is 12.3. The minimum atomic E-state index is -4.61. The molecule has 0 aromatic heterocycles. The number of hydrogen-bond acceptors (Lipinski definition) is 7. The fourth-order valence-electron chi connectivity index (χ4n) is 2.06. The number of carbonyl (C=O) groups is 2. The number of carbonyl (C=O) groups excluding carboxylic acids is 1. The summed E-state index contributed by atoms with van der Waals surface area (Å²) in [4.78, 5) is 23.7. The van der Waals surface area contributed by atoms with Crippen molar-refractivity contribution in [3.8, 4) is 5.75 Å². The molecule has 0 saturated carbocycles. The van der Waals surface area contributed by atoms with Gasteiger partial charge in [0.25, 0.3) is 16.0 Å². The average Bonchev–Trinajstić information content (AvgIpc) is 2.75. The summed E-state index contributed by atoms with van der Waals surface area (Å²) in [6, 6.07) is 3.49. The van der Waals surface area contributed by atoms with Crippen molar-refractivity contribution in [3.05, 3.63) is 28.7 Å². The van der Waals surface area contributed by atoms with Crippen LogP contribution in [0, 0.1) is 0 Å². The summed E-state index contributed by atoms with van der Waals surface area (Å²) >= 11 is 6.10. The van der Waals surface area contributed by atoms with Gasteiger partial charge in [0.2, 0.25) is 0 Å². The van der Waals surface area contributed by atoms with Gasteiger partial charge in [0.15, 0.2) is 0 Å². The van der Waals surface area contributed by atoms with Gasteiger partial charge in [-0.05, 0) is 30.2 Å². The first-order chi connectivity index (χ1) is 11.6. The predicted octanol–water partition coefficient (Wildman–Crippen LogP) is 1.70. The molecule has 0 spiro atoms. The van der Waals surface area contributed by atoms with Crippen LogP contribution in [0.1, 0.15) is 18.4 Å². The number of rotatable bonds is 6. The third kappa shape index (κ3) is 4.78. The van der Waals surface area contributed by atoms with E-state index in [2.05, 4.69) is 0 Å². The number of aliphatic carboxylic acids is 1. The van der Waals surface area contributed by atoms with Gasteiger partial charge < -0.3 is 10.2 Å². The molecule has 1 aromatic carbocycles. The molecule has 2 rings (SSSR count). The largest absolute Gasteiger partial charge is 0.506 e. The average molecular weight is 403 g/mol. The number of hydrogen-bond donors (Lipinski definition) is 3. The number of benzene rings is 1. The highest BCUT2D eigenvalue weighted by atomic mass is 32.2. The molecule has 1 fully saturated rings. The van der Waals surface area contributed by atoms with Crippen molar-refractivity contribution >= 4 is 56.4 Å². The van der Waals surface area contributed by atoms with Crippen LogP contribution in [-0.4, -0.2) is 50.8 Å². The second kappa shape index (κ2) is 7.52. The summed E-state index contributed by atoms with van der Waals surface area (Å²) in [5.41, 5.74) is 0.275. The van der Waals surface area contributed by atoms with Gasteiger partial charge in [0, 0.05) is 13.0 Å². The zero-order valence-corrected chi connectivity index (χ0v) is 15.0. The van der Waals surface area contributed by atoms with E-state index >= 15 is 0 Å². The van der Waals surface area contributed by atoms with Crippen molar-refractivity contribution in [2.45, 2.75) is 17.7 Å². The Morgan fingerprint density at radius 2 is 2.04 bits per heavy atom. The van der Waals surface area contributed by atoms with Gasteiger partial charge in [-0.2, -0.15) is 8.42 Å². The van der Waals surface area contributed by atoms with Crippen LogP contribution in [0.3, 0.4) is 0 Å². The summed E-state index contributed by atoms with van der Waals surface area (Å²) in [7, 11) is -4.61. The Kier molecular flexibility index (Phi) is 5.83. The van der Waals surface area contributed by atoms with Crippen LogP contribution in [0.4, 0.5) is 0 Å². The Balaban J connectivity index is 2.23. The van der Waals surface area contributed by atoms with Gasteiger partial charge in [-0.25, -0.2) is 0 Å². The highest BCUT2D eigenvalue weighted by Crippen LogP contribution is 2.33. The molecular weight excluding hydrogens is 390 g/mol. The summed E-state index contributed by atoms with van der Waals surface area (Å²) in [5, 5.41) is 18.1. The zero-order valence-electron chi connectivity index (χ0n) is 12.6. The normalized spacial score (nSPS) is 16.7. The number of aromatic hydroxyl groups is 1. The third-order valence-corrected chi connectivity index (χ3v) is 5.47. The molecule has 1 aliphatic heterocycles. The Morgan fingerprint density at radius 3 is 2.64 bits per heavy atom. The molecule has 1 heterocycles. The first kappa shape index (κ1) is 19.4. The molecule has 25 heavy (non-hydrogen) atoms. The minimum absolute atomic E-state index is 0.0915. The number of thioether (sulfide) groups is 1. The van der Waals surface area contributed by atoms with E-state index in [1.807, 2.05) is 0 Å². The van der Waals surface area contributed by atoms with Crippen LogP contribution >= 0.6 is 24.0 Å². The fraction of sp³-hybridized carbons (Fsp3) is 0.214. The summed E-state index contributed by atoms with van der Waals surface area (Å²) < 4.78 is 31.8. The van der Waals surface area contributed by atoms with Crippen molar-refractivity contribution in [3.63, 3.8) is 0 Å². The second-order valence-electron chi connectivity index (χ2n) is 5.03. The maximum atomic E-state index is 12.3. The lowest BCUT2D eigenvalue weighted by atomic mass is 10.2. The van der Waals surface area contributed by atoms with Crippen LogP contribution < -0.4 is 0 Å². The minimum Gasteiger partial charge on any atom is -0.506 e. The molecule has 3 N–H and O–H groups in total. The van der Waals surface area contributed by atoms with E-state index in [0.717, 1.165) is 23.9 Å². The zero-order chi connectivity index (χ0) is 18.8. The van der Waals surface area contributed by atoms with Crippen LogP contribution in [0.25, 0.3) is 6.08 Å². The van der Waals surface area contributed by atoms with Crippen molar-refractivity contribution < 1.29 is 32.8 Å². The van der Waals surface area contributed by atoms with E-state index in [9.17, 15) is 23.1 Å². The SMILES string of the molecule is O=C(O)CCCN1C(=O)/C(=C/c2ccc(O)c(S(=O)(=O)O)c2)SC1=S. The quantitative estimate of drug-likeness (QED) is 0.369. The van der Waals surface area contributed by atoms with E-state index < -0.39 is 32.6 Å². The van der Waals surface area contributed by atoms with Crippen LogP contribution in [0.15, 0.2) is 28.0 Å². The topological polar surface area (TPSA) is 132 Å². The lowest BCUT2D eigenvalue weighted by Crippen LogP contribution is -2.29. The van der Waals surface area contributed by atoms with Crippen molar-refractivity contribution in [1.82, 2.24) is 4.90 Å². The molecule has 0 atom stereocenters. The summed E-state index contributed by atoms with van der Waals surface area (Å²) in [6.07, 6.45) is 1.54. The fourth-order valence-corrected chi connectivity index (χ4v) is 3.99. The van der Waals surface area contributed by atoms with Gasteiger partial charge >= 0.3 is 5.97 Å². The molecule has 1 aliphatic rings. The number of thiocarbonyl (C=S) groups is 1. The number of phenolic OH excluding ortho intramolecular Hbond substituents is 1. The second-order valence-corrected chi connectivity index (χ2v) is 8.10. The van der Waals surface area contributed by atoms with Crippen LogP contribution in [-0.2, 0) is 19.7 Å². The molecule has 11 heteroatoms. The third-order valence-electron chi connectivity index (χ3n) is 3.21. The Bertz CT molecular complexity index is 876. The number of nitrogens with zero attached hydrogens (tertiary/aromatic N) is 1. The lowest BCUT2D eigenvalue weighted by Gasteiger charge is -2.13. The molecule has 1 saturated heterocycles. The van der Waals surface area contributed by atoms with Gasteiger partial charge in [-0.3, -0.25) is 19.0 Å². The monoisotopic (exact) mass is 403 g/mol. The standard InChI is InChI=1S/C14H13NO7S3/c16-9-4-3-8(7-11(9)25(20,21)22)6-10-13(19)15(14(23)24-10)5-1-2-12(17)18/h3-4,6-7,16H,1-2,5H2,(H,17,18)(H,20,21,22)/b10-6-. The number of carboxylic acids is 1. The van der Waals surface area contributed by atoms with E-state index in [1.165, 1.54) is 17.0 Å². The highest BCUT2D eigenvalue weighted by molar-refractivity contribution is 8.26. The Labute approximate surface area is 152 Å². The first-order valence-corrected chi connectivity index (χ1v) is 9.54. The molecular formula is C14H13NO7S3. The Hall–Kier alpha value is -1.95. The van der Waals surface area contributed by atoms with E-state index in [4.69, 9.17) is 21.9 Å². The molecule has 134 valence electrons. The predicted molar refractivity (Wildman–Crippen MR) is 94.7 cm³/mol. The van der Waals surface area contributed by atoms with E-state index in [0.29, 0.717) is 0 Å². The smallest absolute Gasteiger partial charge is 0.303 e. The van der Waals surface area contributed by atoms with Gasteiger partial charge in [0.05, 0.1) is 4.91 Å². The molecule has 1 amide bonds. The van der Waals surface area contributed by atoms with Gasteiger partial charge in [-0.15, -0.1) is 0 Å². The number of phenols is 1. The Morgan fingerprint density at radius 1 is 1.36 bits per heavy atom. The van der Waals surface area contributed by atoms with E-state index in [1.54, 1.807) is 0 Å². The molecule has 0 bridgehead atoms. The van der Waals surface area contributed by atoms with Crippen LogP contribution in [0.2, 0.25) is 0 Å². The summed E-state index contributed by atoms with van der Waals surface area (Å²) in [6.45, 7) is 0.167. The molecule has 0 radical (unpaired) electrons. The first-order valence-electron chi connectivity index (χ1n) is 6.87. The lowest BCUT2D eigenvalue weighted by molar-refractivity contribution is -0.137. The maximum Gasteiger partial charge on any atom is 0.303 e. The summed E-state index contributed by atoms with van der Waals surface area (Å²) in [5.74, 6) is -1.99. The van der Waals surface area contributed by atoms with Crippen molar-refractivity contribution in [2.24, 2.45) is 0 Å². The molecule has 0 unspecified atom stereocenters. The molecule has 0 aliphatic carbocycles. The molecule has 1 aromatic rings. The number of carboxylic acid groups (broad SMARTS) is 1. The molecule has 8 nitrogen and oxygen atoms in total. The van der Waals surface area contributed by atoms with Gasteiger partial charge in [0.1, 0.15) is 15.0 Å². The van der Waals surface area contributed by atoms with Crippen molar-refractivity contribution in [1.29, 1.82) is 0 Å². The highest BCUT2D eigenvalue weighted by Gasteiger charge is 2.31. The van der Waals surface area contributed by atoms with E-state index in [-0.39, 0.29) is 34.2 Å².